The van der Waals surface area contributed by atoms with Gasteiger partial charge in [-0.2, -0.15) is 0 Å². The van der Waals surface area contributed by atoms with Gasteiger partial charge in [-0.25, -0.2) is 9.97 Å². The molecule has 2 heterocycles. The Labute approximate surface area is 127 Å². The topological polar surface area (TPSA) is 33.4 Å². The fourth-order valence-corrected chi connectivity index (χ4v) is 3.55. The molecule has 0 bridgehead atoms. The molecule has 0 aliphatic heterocycles. The summed E-state index contributed by atoms with van der Waals surface area (Å²) in [7, 11) is 0. The van der Waals surface area contributed by atoms with E-state index in [4.69, 9.17) is 4.98 Å². The molecule has 0 radical (unpaired) electrons. The molecule has 0 aromatic carbocycles. The summed E-state index contributed by atoms with van der Waals surface area (Å²) in [4.78, 5) is 11.8. The van der Waals surface area contributed by atoms with Crippen molar-refractivity contribution in [3.63, 3.8) is 0 Å². The van der Waals surface area contributed by atoms with Gasteiger partial charge >= 0.3 is 0 Å². The molecule has 21 heavy (non-hydrogen) atoms. The Morgan fingerprint density at radius 2 is 1.95 bits per heavy atom. The van der Waals surface area contributed by atoms with E-state index in [9.17, 15) is 0 Å². The number of rotatable bonds is 4. The predicted octanol–water partition coefficient (Wildman–Crippen LogP) is 3.50. The van der Waals surface area contributed by atoms with Gasteiger partial charge in [-0.05, 0) is 39.3 Å². The van der Waals surface area contributed by atoms with Crippen LogP contribution >= 0.6 is 0 Å². The second-order valence-corrected chi connectivity index (χ2v) is 6.30. The van der Waals surface area contributed by atoms with Gasteiger partial charge in [0.05, 0.1) is 5.69 Å². The van der Waals surface area contributed by atoms with Gasteiger partial charge in [-0.1, -0.05) is 26.2 Å². The van der Waals surface area contributed by atoms with Crippen LogP contribution in [0.1, 0.15) is 56.1 Å². The van der Waals surface area contributed by atoms with E-state index < -0.39 is 0 Å². The zero-order chi connectivity index (χ0) is 14.8. The average molecular weight is 286 g/mol. The van der Waals surface area contributed by atoms with Crippen LogP contribution in [-0.2, 0) is 6.54 Å². The Bertz CT molecular complexity index is 611. The summed E-state index contributed by atoms with van der Waals surface area (Å²) in [6.45, 7) is 8.46. The van der Waals surface area contributed by atoms with Crippen molar-refractivity contribution in [2.45, 2.75) is 65.5 Å². The van der Waals surface area contributed by atoms with Crippen LogP contribution in [0.4, 0.5) is 0 Å². The first-order valence-electron chi connectivity index (χ1n) is 8.23. The van der Waals surface area contributed by atoms with Crippen LogP contribution in [0.5, 0.6) is 0 Å². The minimum Gasteiger partial charge on any atom is -0.295 e. The normalized spacial score (nSPS) is 17.0. The van der Waals surface area contributed by atoms with Crippen molar-refractivity contribution in [2.75, 3.05) is 6.54 Å². The van der Waals surface area contributed by atoms with E-state index in [1.165, 1.54) is 37.8 Å². The summed E-state index contributed by atoms with van der Waals surface area (Å²) in [6, 6.07) is 2.85. The number of hydrogen-bond donors (Lipinski definition) is 0. The molecule has 2 aromatic rings. The second-order valence-electron chi connectivity index (χ2n) is 6.30. The maximum Gasteiger partial charge on any atom is 0.234 e. The Hall–Kier alpha value is -1.42. The standard InChI is InChI=1S/C17H26N4/c1-4-20(16-8-6-5-7-9-16)11-15-12-21-14(3)10-13(2)18-17(21)19-15/h10,12,16H,4-9,11H2,1-3H3. The van der Waals surface area contributed by atoms with Gasteiger partial charge in [0.1, 0.15) is 0 Å². The Balaban J connectivity index is 1.81. The summed E-state index contributed by atoms with van der Waals surface area (Å²) in [5, 5.41) is 0. The smallest absolute Gasteiger partial charge is 0.234 e. The molecule has 1 aliphatic carbocycles. The zero-order valence-electron chi connectivity index (χ0n) is 13.5. The van der Waals surface area contributed by atoms with E-state index in [-0.39, 0.29) is 0 Å². The van der Waals surface area contributed by atoms with Crippen molar-refractivity contribution < 1.29 is 0 Å². The largest absolute Gasteiger partial charge is 0.295 e. The lowest BCUT2D eigenvalue weighted by atomic mass is 9.94. The molecule has 0 saturated heterocycles. The Morgan fingerprint density at radius 3 is 2.67 bits per heavy atom. The molecule has 2 aromatic heterocycles. The van der Waals surface area contributed by atoms with Crippen molar-refractivity contribution in [1.82, 2.24) is 19.3 Å². The van der Waals surface area contributed by atoms with E-state index in [1.54, 1.807) is 0 Å². The van der Waals surface area contributed by atoms with Gasteiger partial charge in [0.15, 0.2) is 0 Å². The fourth-order valence-electron chi connectivity index (χ4n) is 3.55. The highest BCUT2D eigenvalue weighted by atomic mass is 15.2. The predicted molar refractivity (Wildman–Crippen MR) is 85.4 cm³/mol. The third kappa shape index (κ3) is 3.10. The quantitative estimate of drug-likeness (QED) is 0.862. The highest BCUT2D eigenvalue weighted by Gasteiger charge is 2.21. The van der Waals surface area contributed by atoms with E-state index in [2.05, 4.69) is 40.4 Å². The average Bonchev–Trinajstić information content (AvgIpc) is 2.88. The molecule has 1 saturated carbocycles. The number of aryl methyl sites for hydroxylation is 2. The molecule has 0 spiro atoms. The molecule has 0 unspecified atom stereocenters. The fraction of sp³-hybridized carbons (Fsp3) is 0.647. The SMILES string of the molecule is CCN(Cc1cn2c(C)cc(C)nc2n1)C1CCCCC1. The summed E-state index contributed by atoms with van der Waals surface area (Å²) in [5.41, 5.74) is 3.39. The number of imidazole rings is 1. The van der Waals surface area contributed by atoms with Crippen molar-refractivity contribution in [2.24, 2.45) is 0 Å². The second kappa shape index (κ2) is 6.14. The minimum atomic E-state index is 0.740. The van der Waals surface area contributed by atoms with Crippen LogP contribution < -0.4 is 0 Å². The highest BCUT2D eigenvalue weighted by molar-refractivity contribution is 5.34. The number of aromatic nitrogens is 3. The molecule has 4 nitrogen and oxygen atoms in total. The van der Waals surface area contributed by atoms with Gasteiger partial charge in [-0.15, -0.1) is 0 Å². The Kier molecular flexibility index (Phi) is 4.24. The summed E-state index contributed by atoms with van der Waals surface area (Å²) in [5.74, 6) is 0.835. The van der Waals surface area contributed by atoms with Gasteiger partial charge in [0.2, 0.25) is 5.78 Å². The minimum absolute atomic E-state index is 0.740. The highest BCUT2D eigenvalue weighted by Crippen LogP contribution is 2.23. The molecule has 4 heteroatoms. The lowest BCUT2D eigenvalue weighted by molar-refractivity contribution is 0.154. The lowest BCUT2D eigenvalue weighted by Gasteiger charge is -2.32. The number of fused-ring (bicyclic) bond motifs is 1. The van der Waals surface area contributed by atoms with Gasteiger partial charge in [-0.3, -0.25) is 9.30 Å². The molecule has 0 N–H and O–H groups in total. The van der Waals surface area contributed by atoms with Crippen LogP contribution in [-0.4, -0.2) is 31.9 Å². The summed E-state index contributed by atoms with van der Waals surface area (Å²) >= 11 is 0. The zero-order valence-corrected chi connectivity index (χ0v) is 13.5. The molecule has 1 fully saturated rings. The molecular weight excluding hydrogens is 260 g/mol. The maximum absolute atomic E-state index is 4.73. The monoisotopic (exact) mass is 286 g/mol. The van der Waals surface area contributed by atoms with Gasteiger partial charge in [0.25, 0.3) is 0 Å². The van der Waals surface area contributed by atoms with Crippen molar-refractivity contribution in [3.05, 3.63) is 29.3 Å². The lowest BCUT2D eigenvalue weighted by Crippen LogP contribution is -2.36. The first-order chi connectivity index (χ1) is 10.2. The Morgan fingerprint density at radius 1 is 1.19 bits per heavy atom. The molecule has 0 atom stereocenters. The van der Waals surface area contributed by atoms with Crippen molar-refractivity contribution >= 4 is 5.78 Å². The number of nitrogens with zero attached hydrogens (tertiary/aromatic N) is 4. The molecule has 114 valence electrons. The van der Waals surface area contributed by atoms with Crippen LogP contribution in [0.2, 0.25) is 0 Å². The summed E-state index contributed by atoms with van der Waals surface area (Å²) < 4.78 is 2.11. The van der Waals surface area contributed by atoms with Crippen LogP contribution in [0.25, 0.3) is 5.78 Å². The van der Waals surface area contributed by atoms with Gasteiger partial charge in [0, 0.05) is 30.2 Å². The maximum atomic E-state index is 4.73. The van der Waals surface area contributed by atoms with E-state index >= 15 is 0 Å². The third-order valence-electron chi connectivity index (χ3n) is 4.67. The molecular formula is C17H26N4. The van der Waals surface area contributed by atoms with E-state index in [1.807, 2.05) is 6.92 Å². The van der Waals surface area contributed by atoms with Crippen LogP contribution in [0.3, 0.4) is 0 Å². The first-order valence-corrected chi connectivity index (χ1v) is 8.23. The molecule has 1 aliphatic rings. The van der Waals surface area contributed by atoms with Crippen molar-refractivity contribution in [3.8, 4) is 0 Å². The first kappa shape index (κ1) is 14.5. The van der Waals surface area contributed by atoms with Gasteiger partial charge < -0.3 is 0 Å². The van der Waals surface area contributed by atoms with E-state index in [0.717, 1.165) is 36.3 Å². The molecule has 0 amide bonds. The van der Waals surface area contributed by atoms with E-state index in [0.29, 0.717) is 0 Å². The van der Waals surface area contributed by atoms with Crippen LogP contribution in [0.15, 0.2) is 12.3 Å². The summed E-state index contributed by atoms with van der Waals surface area (Å²) in [6.07, 6.45) is 9.01. The van der Waals surface area contributed by atoms with Crippen molar-refractivity contribution in [1.29, 1.82) is 0 Å². The number of hydrogen-bond acceptors (Lipinski definition) is 3. The molecule has 3 rings (SSSR count). The third-order valence-corrected chi connectivity index (χ3v) is 4.67. The van der Waals surface area contributed by atoms with Crippen LogP contribution in [0, 0.1) is 13.8 Å².